The summed E-state index contributed by atoms with van der Waals surface area (Å²) in [4.78, 5) is 7.95. The van der Waals surface area contributed by atoms with Crippen LogP contribution < -0.4 is 11.3 Å². The van der Waals surface area contributed by atoms with Gasteiger partial charge in [0.25, 0.3) is 0 Å². The Bertz CT molecular complexity index is 312. The molecule has 1 rings (SSSR count). The molecule has 17 heavy (non-hydrogen) atoms. The minimum absolute atomic E-state index is 0.689. The summed E-state index contributed by atoms with van der Waals surface area (Å²) in [6, 6.07) is 0. The van der Waals surface area contributed by atoms with Gasteiger partial charge in [0.15, 0.2) is 5.13 Å². The average molecular weight is 256 g/mol. The van der Waals surface area contributed by atoms with Crippen LogP contribution >= 0.6 is 11.3 Å². The first-order valence-electron chi connectivity index (χ1n) is 6.15. The Balaban J connectivity index is 2.57. The van der Waals surface area contributed by atoms with Gasteiger partial charge in [-0.3, -0.25) is 10.3 Å². The molecule has 0 aliphatic carbocycles. The maximum absolute atomic E-state index is 5.34. The lowest BCUT2D eigenvalue weighted by molar-refractivity contribution is 0.213. The zero-order valence-corrected chi connectivity index (χ0v) is 12.0. The number of hydrogen-bond acceptors (Lipinski definition) is 5. The molecule has 0 radical (unpaired) electrons. The molecule has 1 aromatic rings. The molecule has 0 saturated heterocycles. The molecule has 5 heteroatoms. The quantitative estimate of drug-likeness (QED) is 0.581. The van der Waals surface area contributed by atoms with Crippen LogP contribution in [0.2, 0.25) is 0 Å². The second-order valence-corrected chi connectivity index (χ2v) is 6.37. The van der Waals surface area contributed by atoms with Gasteiger partial charge >= 0.3 is 0 Å². The molecule has 0 spiro atoms. The molecule has 0 amide bonds. The molecule has 0 atom stereocenters. The number of anilines is 1. The maximum atomic E-state index is 5.34. The van der Waals surface area contributed by atoms with Crippen molar-refractivity contribution in [1.29, 1.82) is 0 Å². The summed E-state index contributed by atoms with van der Waals surface area (Å²) in [7, 11) is 0. The highest BCUT2D eigenvalue weighted by atomic mass is 32.1. The minimum Gasteiger partial charge on any atom is -0.300 e. The predicted molar refractivity (Wildman–Crippen MR) is 74.9 cm³/mol. The summed E-state index contributed by atoms with van der Waals surface area (Å²) in [5, 5.41) is 0.786. The van der Waals surface area contributed by atoms with Gasteiger partial charge < -0.3 is 0 Å². The van der Waals surface area contributed by atoms with E-state index in [0.29, 0.717) is 11.8 Å². The van der Waals surface area contributed by atoms with Crippen LogP contribution in [0.1, 0.15) is 32.6 Å². The molecule has 0 fully saturated rings. The third-order valence-corrected chi connectivity index (χ3v) is 3.22. The van der Waals surface area contributed by atoms with E-state index in [2.05, 4.69) is 43.0 Å². The van der Waals surface area contributed by atoms with Gasteiger partial charge in [0, 0.05) is 30.7 Å². The highest BCUT2D eigenvalue weighted by Gasteiger charge is 2.11. The number of nitrogens with zero attached hydrogens (tertiary/aromatic N) is 2. The Hall–Kier alpha value is -0.650. The van der Waals surface area contributed by atoms with Crippen molar-refractivity contribution in [3.05, 3.63) is 11.1 Å². The minimum atomic E-state index is 0.689. The molecule has 0 aliphatic rings. The summed E-state index contributed by atoms with van der Waals surface area (Å²) in [5.41, 5.74) is 2.59. The highest BCUT2D eigenvalue weighted by molar-refractivity contribution is 7.15. The van der Waals surface area contributed by atoms with Crippen LogP contribution in [0.25, 0.3) is 0 Å². The van der Waals surface area contributed by atoms with Gasteiger partial charge in [-0.15, -0.1) is 0 Å². The van der Waals surface area contributed by atoms with E-state index in [1.807, 2.05) is 6.20 Å². The van der Waals surface area contributed by atoms with Crippen LogP contribution in [0.5, 0.6) is 0 Å². The Morgan fingerprint density at radius 3 is 2.29 bits per heavy atom. The third kappa shape index (κ3) is 5.48. The van der Waals surface area contributed by atoms with Crippen molar-refractivity contribution in [1.82, 2.24) is 9.88 Å². The monoisotopic (exact) mass is 256 g/mol. The van der Waals surface area contributed by atoms with E-state index in [4.69, 9.17) is 5.84 Å². The highest BCUT2D eigenvalue weighted by Crippen LogP contribution is 2.19. The molecule has 3 N–H and O–H groups in total. The smallest absolute Gasteiger partial charge is 0.197 e. The first-order chi connectivity index (χ1) is 8.01. The molecular formula is C12H24N4S. The van der Waals surface area contributed by atoms with Crippen LogP contribution in [0.4, 0.5) is 5.13 Å². The van der Waals surface area contributed by atoms with Gasteiger partial charge in [-0.05, 0) is 11.8 Å². The van der Waals surface area contributed by atoms with Crippen LogP contribution in [0.15, 0.2) is 6.20 Å². The Morgan fingerprint density at radius 2 is 1.88 bits per heavy atom. The molecule has 0 aromatic carbocycles. The molecule has 0 unspecified atom stereocenters. The second kappa shape index (κ2) is 6.93. The first kappa shape index (κ1) is 14.4. The molecule has 1 aromatic heterocycles. The van der Waals surface area contributed by atoms with Crippen LogP contribution in [-0.4, -0.2) is 23.0 Å². The van der Waals surface area contributed by atoms with Crippen molar-refractivity contribution in [3.8, 4) is 0 Å². The molecular weight excluding hydrogens is 232 g/mol. The summed E-state index contributed by atoms with van der Waals surface area (Å²) in [6.45, 7) is 12.2. The third-order valence-electron chi connectivity index (χ3n) is 2.30. The maximum Gasteiger partial charge on any atom is 0.197 e. The SMILES string of the molecule is CC(C)CN(Cc1cnc(NN)s1)CC(C)C. The lowest BCUT2D eigenvalue weighted by atomic mass is 10.1. The fraction of sp³-hybridized carbons (Fsp3) is 0.750. The van der Waals surface area contributed by atoms with E-state index in [1.54, 1.807) is 11.3 Å². The number of nitrogens with two attached hydrogens (primary N) is 1. The predicted octanol–water partition coefficient (Wildman–Crippen LogP) is 2.54. The number of rotatable bonds is 7. The van der Waals surface area contributed by atoms with E-state index in [1.165, 1.54) is 4.88 Å². The van der Waals surface area contributed by atoms with Crippen LogP contribution in [0, 0.1) is 11.8 Å². The Kier molecular flexibility index (Phi) is 5.88. The van der Waals surface area contributed by atoms with Crippen molar-refractivity contribution in [2.24, 2.45) is 17.7 Å². The van der Waals surface area contributed by atoms with E-state index < -0.39 is 0 Å². The van der Waals surface area contributed by atoms with E-state index in [9.17, 15) is 0 Å². The standard InChI is InChI=1S/C12H24N4S/c1-9(2)6-16(7-10(3)4)8-11-5-14-12(15-13)17-11/h5,9-10H,6-8,13H2,1-4H3,(H,14,15). The van der Waals surface area contributed by atoms with E-state index in [0.717, 1.165) is 24.8 Å². The van der Waals surface area contributed by atoms with Gasteiger partial charge in [-0.25, -0.2) is 10.8 Å². The molecule has 0 saturated carbocycles. The second-order valence-electron chi connectivity index (χ2n) is 5.26. The fourth-order valence-electron chi connectivity index (χ4n) is 1.90. The molecule has 4 nitrogen and oxygen atoms in total. The van der Waals surface area contributed by atoms with Crippen molar-refractivity contribution in [2.45, 2.75) is 34.2 Å². The summed E-state index contributed by atoms with van der Waals surface area (Å²) in [5.74, 6) is 6.72. The van der Waals surface area contributed by atoms with Crippen molar-refractivity contribution in [3.63, 3.8) is 0 Å². The van der Waals surface area contributed by atoms with Crippen molar-refractivity contribution >= 4 is 16.5 Å². The number of nitrogens with one attached hydrogen (secondary N) is 1. The van der Waals surface area contributed by atoms with Crippen LogP contribution in [0.3, 0.4) is 0 Å². The van der Waals surface area contributed by atoms with E-state index >= 15 is 0 Å². The van der Waals surface area contributed by atoms with Gasteiger partial charge in [-0.1, -0.05) is 39.0 Å². The van der Waals surface area contributed by atoms with E-state index in [-0.39, 0.29) is 0 Å². The van der Waals surface area contributed by atoms with Gasteiger partial charge in [0.2, 0.25) is 0 Å². The number of hydrogen-bond donors (Lipinski definition) is 2. The number of hydrazine groups is 1. The summed E-state index contributed by atoms with van der Waals surface area (Å²) in [6.07, 6.45) is 1.91. The first-order valence-corrected chi connectivity index (χ1v) is 6.96. The molecule has 1 heterocycles. The van der Waals surface area contributed by atoms with Crippen molar-refractivity contribution in [2.75, 3.05) is 18.5 Å². The Morgan fingerprint density at radius 1 is 1.29 bits per heavy atom. The number of aromatic nitrogens is 1. The van der Waals surface area contributed by atoms with Gasteiger partial charge in [0.05, 0.1) is 0 Å². The summed E-state index contributed by atoms with van der Waals surface area (Å²) >= 11 is 1.63. The fourth-order valence-corrected chi connectivity index (χ4v) is 2.67. The molecule has 98 valence electrons. The average Bonchev–Trinajstić information content (AvgIpc) is 2.63. The summed E-state index contributed by atoms with van der Waals surface area (Å²) < 4.78 is 0. The topological polar surface area (TPSA) is 54.2 Å². The van der Waals surface area contributed by atoms with Crippen molar-refractivity contribution < 1.29 is 0 Å². The van der Waals surface area contributed by atoms with Crippen LogP contribution in [-0.2, 0) is 6.54 Å². The number of thiazole rings is 1. The lowest BCUT2D eigenvalue weighted by Crippen LogP contribution is -2.30. The van der Waals surface area contributed by atoms with Gasteiger partial charge in [0.1, 0.15) is 0 Å². The largest absolute Gasteiger partial charge is 0.300 e. The lowest BCUT2D eigenvalue weighted by Gasteiger charge is -2.25. The number of nitrogen functional groups attached to an aromatic ring is 1. The Labute approximate surface area is 108 Å². The zero-order valence-electron chi connectivity index (χ0n) is 11.2. The zero-order chi connectivity index (χ0) is 12.8. The van der Waals surface area contributed by atoms with Gasteiger partial charge in [-0.2, -0.15) is 0 Å². The molecule has 0 aliphatic heterocycles. The molecule has 0 bridgehead atoms. The normalized spacial score (nSPS) is 11.8.